The molecule has 304 valence electrons. The summed E-state index contributed by atoms with van der Waals surface area (Å²) in [4.78, 5) is 43.1. The van der Waals surface area contributed by atoms with Crippen LogP contribution in [0.15, 0.2) is 126 Å². The predicted molar refractivity (Wildman–Crippen MR) is 203 cm³/mol. The molecule has 2 fully saturated rings. The molecule has 0 aromatic heterocycles. The number of ether oxygens (including phenoxy) is 9. The average Bonchev–Trinajstić information content (AvgIpc) is 3.27. The summed E-state index contributed by atoms with van der Waals surface area (Å²) in [5.74, 6) is -2.47. The first-order valence-electron chi connectivity index (χ1n) is 18.4. The van der Waals surface area contributed by atoms with Gasteiger partial charge in [0, 0.05) is 12.0 Å². The molecule has 0 bridgehead atoms. The predicted octanol–water partition coefficient (Wildman–Crippen LogP) is 4.93. The zero-order valence-corrected chi connectivity index (χ0v) is 31.6. The highest BCUT2D eigenvalue weighted by Gasteiger charge is 2.56. The van der Waals surface area contributed by atoms with Gasteiger partial charge in [-0.05, 0) is 40.9 Å². The standard InChI is InChI=1S/C42H43N3O13/c1-50-40(49)36-32(46)35(53-24-27-17-9-4-10-18-27)37(56-39(48)29-21-13-6-14-22-29)42(58-36)57-33-30(25-54-38(47)28-19-11-5-12-20-28)55-41(51-2)31(44-45-43)34(33)52-23-26-15-7-3-8-16-26/h3-22,30-37,41-42,46H,23-25H2,1-2H3/t30?,31?,32-,33+,34-,35-,36?,37?,41-,42+/m0/s1. The topological polar surface area (TPSA) is 203 Å². The first-order valence-corrected chi connectivity index (χ1v) is 18.4. The molecule has 4 aromatic rings. The Morgan fingerprint density at radius 3 is 1.76 bits per heavy atom. The van der Waals surface area contributed by atoms with E-state index in [0.717, 1.165) is 12.7 Å². The fourth-order valence-corrected chi connectivity index (χ4v) is 6.59. The van der Waals surface area contributed by atoms with E-state index in [1.807, 2.05) is 36.4 Å². The molecule has 0 spiro atoms. The zero-order chi connectivity index (χ0) is 40.9. The lowest BCUT2D eigenvalue weighted by Gasteiger charge is -2.48. The molecule has 10 atom stereocenters. The average molecular weight is 798 g/mol. The third-order valence-corrected chi connectivity index (χ3v) is 9.49. The van der Waals surface area contributed by atoms with Crippen molar-refractivity contribution in [3.63, 3.8) is 0 Å². The maximum Gasteiger partial charge on any atom is 0.338 e. The van der Waals surface area contributed by atoms with E-state index < -0.39 is 85.9 Å². The highest BCUT2D eigenvalue weighted by molar-refractivity contribution is 5.90. The van der Waals surface area contributed by atoms with Gasteiger partial charge in [-0.2, -0.15) is 0 Å². The molecule has 16 heteroatoms. The smallest absolute Gasteiger partial charge is 0.338 e. The van der Waals surface area contributed by atoms with E-state index in [4.69, 9.17) is 42.6 Å². The Kier molecular flexibility index (Phi) is 14.9. The van der Waals surface area contributed by atoms with Gasteiger partial charge in [-0.1, -0.05) is 102 Å². The van der Waals surface area contributed by atoms with Gasteiger partial charge in [0.15, 0.2) is 24.8 Å². The summed E-state index contributed by atoms with van der Waals surface area (Å²) in [6.07, 6.45) is -13.2. The fraction of sp³-hybridized carbons (Fsp3) is 0.357. The maximum atomic E-state index is 13.7. The molecule has 2 aliphatic rings. The number of benzene rings is 4. The quantitative estimate of drug-likeness (QED) is 0.0526. The molecule has 16 nitrogen and oxygen atoms in total. The molecule has 4 unspecified atom stereocenters. The van der Waals surface area contributed by atoms with Crippen molar-refractivity contribution in [1.82, 2.24) is 0 Å². The Balaban J connectivity index is 1.41. The van der Waals surface area contributed by atoms with Crippen LogP contribution in [0.4, 0.5) is 0 Å². The lowest BCUT2D eigenvalue weighted by molar-refractivity contribution is -0.347. The van der Waals surface area contributed by atoms with Crippen LogP contribution < -0.4 is 0 Å². The SMILES string of the molecule is COC(=O)C1O[C@@H](O[C@@H]2C(COC(=O)c3ccccc3)O[C@H](OC)C(N=[N+]=[N-])[C@@H]2OCc2ccccc2)C(OC(=O)c2ccccc2)[C@@H](OCc2ccccc2)[C@@H]1O. The molecule has 2 aliphatic heterocycles. The van der Waals surface area contributed by atoms with Gasteiger partial charge in [0.25, 0.3) is 0 Å². The largest absolute Gasteiger partial charge is 0.467 e. The summed E-state index contributed by atoms with van der Waals surface area (Å²) in [6, 6.07) is 33.3. The minimum atomic E-state index is -1.73. The number of aliphatic hydroxyl groups excluding tert-OH is 1. The number of hydrogen-bond acceptors (Lipinski definition) is 14. The summed E-state index contributed by atoms with van der Waals surface area (Å²) < 4.78 is 54.1. The number of carbonyl (C=O) groups excluding carboxylic acids is 3. The monoisotopic (exact) mass is 797 g/mol. The molecular formula is C42H43N3O13. The lowest BCUT2D eigenvalue weighted by atomic mass is 9.95. The molecular weight excluding hydrogens is 754 g/mol. The van der Waals surface area contributed by atoms with Gasteiger partial charge in [0.1, 0.15) is 43.2 Å². The summed E-state index contributed by atoms with van der Waals surface area (Å²) in [5, 5.41) is 15.6. The molecule has 58 heavy (non-hydrogen) atoms. The molecule has 0 saturated carbocycles. The summed E-state index contributed by atoms with van der Waals surface area (Å²) >= 11 is 0. The number of nitrogens with zero attached hydrogens (tertiary/aromatic N) is 3. The van der Waals surface area contributed by atoms with Crippen LogP contribution in [0.2, 0.25) is 0 Å². The molecule has 4 aromatic carbocycles. The van der Waals surface area contributed by atoms with Crippen molar-refractivity contribution in [1.29, 1.82) is 0 Å². The molecule has 6 rings (SSSR count). The van der Waals surface area contributed by atoms with Crippen molar-refractivity contribution in [3.8, 4) is 0 Å². The summed E-state index contributed by atoms with van der Waals surface area (Å²) in [7, 11) is 2.46. The number of azide groups is 1. The normalized spacial score (nSPS) is 26.7. The van der Waals surface area contributed by atoms with E-state index in [2.05, 4.69) is 10.0 Å². The van der Waals surface area contributed by atoms with Crippen molar-refractivity contribution < 1.29 is 62.1 Å². The summed E-state index contributed by atoms with van der Waals surface area (Å²) in [5.41, 5.74) is 11.6. The number of methoxy groups -OCH3 is 2. The van der Waals surface area contributed by atoms with E-state index >= 15 is 0 Å². The van der Waals surface area contributed by atoms with Crippen LogP contribution in [0.1, 0.15) is 31.8 Å². The van der Waals surface area contributed by atoms with Crippen LogP contribution in [-0.2, 0) is 60.6 Å². The molecule has 1 N–H and O–H groups in total. The van der Waals surface area contributed by atoms with Crippen molar-refractivity contribution in [2.45, 2.75) is 74.6 Å². The molecule has 2 saturated heterocycles. The Hall–Kier alpha value is -5.68. The van der Waals surface area contributed by atoms with Crippen LogP contribution in [0.5, 0.6) is 0 Å². The van der Waals surface area contributed by atoms with Crippen molar-refractivity contribution in [2.24, 2.45) is 5.11 Å². The highest BCUT2D eigenvalue weighted by Crippen LogP contribution is 2.35. The number of hydrogen-bond donors (Lipinski definition) is 1. The third kappa shape index (κ3) is 10.4. The van der Waals surface area contributed by atoms with Crippen LogP contribution in [0.25, 0.3) is 10.4 Å². The minimum Gasteiger partial charge on any atom is -0.467 e. The Morgan fingerprint density at radius 1 is 0.690 bits per heavy atom. The van der Waals surface area contributed by atoms with E-state index in [1.165, 1.54) is 19.2 Å². The third-order valence-electron chi connectivity index (χ3n) is 9.49. The Bertz CT molecular complexity index is 1970. The number of rotatable bonds is 16. The van der Waals surface area contributed by atoms with Gasteiger partial charge < -0.3 is 47.7 Å². The van der Waals surface area contributed by atoms with Crippen LogP contribution in [0, 0.1) is 0 Å². The van der Waals surface area contributed by atoms with Gasteiger partial charge in [-0.25, -0.2) is 14.4 Å². The van der Waals surface area contributed by atoms with Gasteiger partial charge in [0.2, 0.25) is 0 Å². The second-order valence-electron chi connectivity index (χ2n) is 13.2. The highest BCUT2D eigenvalue weighted by atomic mass is 16.8. The number of carbonyl (C=O) groups is 3. The molecule has 0 radical (unpaired) electrons. The molecule has 2 heterocycles. The minimum absolute atomic E-state index is 0.0139. The Labute approximate surface area is 334 Å². The van der Waals surface area contributed by atoms with E-state index in [9.17, 15) is 25.0 Å². The van der Waals surface area contributed by atoms with Gasteiger partial charge in [-0.15, -0.1) is 0 Å². The van der Waals surface area contributed by atoms with Gasteiger partial charge in [-0.3, -0.25) is 0 Å². The zero-order valence-electron chi connectivity index (χ0n) is 31.6. The van der Waals surface area contributed by atoms with Crippen molar-refractivity contribution in [3.05, 3.63) is 154 Å². The maximum absolute atomic E-state index is 13.7. The fourth-order valence-electron chi connectivity index (χ4n) is 6.59. The van der Waals surface area contributed by atoms with Crippen LogP contribution in [0.3, 0.4) is 0 Å². The van der Waals surface area contributed by atoms with Crippen LogP contribution >= 0.6 is 0 Å². The Morgan fingerprint density at radius 2 is 1.22 bits per heavy atom. The van der Waals surface area contributed by atoms with Crippen molar-refractivity contribution >= 4 is 17.9 Å². The van der Waals surface area contributed by atoms with Gasteiger partial charge in [0.05, 0.1) is 31.5 Å². The molecule has 0 amide bonds. The van der Waals surface area contributed by atoms with E-state index in [1.54, 1.807) is 72.8 Å². The first-order chi connectivity index (χ1) is 28.3. The summed E-state index contributed by atoms with van der Waals surface area (Å²) in [6.45, 7) is -0.533. The number of aliphatic hydroxyl groups is 1. The first kappa shape index (κ1) is 41.9. The van der Waals surface area contributed by atoms with Crippen molar-refractivity contribution in [2.75, 3.05) is 20.8 Å². The lowest BCUT2D eigenvalue weighted by Crippen LogP contribution is -2.66. The number of esters is 3. The van der Waals surface area contributed by atoms with Crippen LogP contribution in [-0.4, -0.2) is 105 Å². The second kappa shape index (κ2) is 20.7. The van der Waals surface area contributed by atoms with Gasteiger partial charge >= 0.3 is 17.9 Å². The second-order valence-corrected chi connectivity index (χ2v) is 13.2. The van der Waals surface area contributed by atoms with E-state index in [-0.39, 0.29) is 24.3 Å². The van der Waals surface area contributed by atoms with E-state index in [0.29, 0.717) is 5.56 Å². The molecule has 0 aliphatic carbocycles.